The molecule has 2 N–H and O–H groups in total. The van der Waals surface area contributed by atoms with Crippen LogP contribution in [0.2, 0.25) is 0 Å². The number of hydrazone groups is 1. The van der Waals surface area contributed by atoms with Crippen molar-refractivity contribution in [3.8, 4) is 0 Å². The molecule has 1 aromatic carbocycles. The second kappa shape index (κ2) is 8.86. The fourth-order valence-electron chi connectivity index (χ4n) is 1.72. The minimum atomic E-state index is -0.134. The van der Waals surface area contributed by atoms with Gasteiger partial charge in [0.05, 0.1) is 12.8 Å². The van der Waals surface area contributed by atoms with Gasteiger partial charge in [0.1, 0.15) is 0 Å². The molecule has 0 spiro atoms. The molecule has 6 heteroatoms. The van der Waals surface area contributed by atoms with Gasteiger partial charge in [0, 0.05) is 12.6 Å². The highest BCUT2D eigenvalue weighted by Crippen LogP contribution is 2.07. The number of amides is 2. The predicted molar refractivity (Wildman–Crippen MR) is 84.3 cm³/mol. The first-order valence-corrected chi connectivity index (χ1v) is 6.97. The standard InChI is InChI=1S/C15H22N4O2/c1-4-19(5-2)11-15(21)18-16-10-13-6-8-14(9-7-13)17-12(3)20/h6-10H,4-5,11H2,1-3H3,(H,17,20)(H,18,21)/b16-10+. The van der Waals surface area contributed by atoms with E-state index < -0.39 is 0 Å². The Morgan fingerprint density at radius 1 is 1.19 bits per heavy atom. The molecule has 0 aliphatic rings. The van der Waals surface area contributed by atoms with Crippen molar-refractivity contribution < 1.29 is 9.59 Å². The van der Waals surface area contributed by atoms with Crippen molar-refractivity contribution in [2.24, 2.45) is 5.10 Å². The summed E-state index contributed by atoms with van der Waals surface area (Å²) in [6.45, 7) is 7.48. The summed E-state index contributed by atoms with van der Waals surface area (Å²) in [5, 5.41) is 6.60. The molecule has 114 valence electrons. The van der Waals surface area contributed by atoms with Crippen molar-refractivity contribution >= 4 is 23.7 Å². The van der Waals surface area contributed by atoms with Crippen LogP contribution in [0, 0.1) is 0 Å². The Labute approximate surface area is 125 Å². The lowest BCUT2D eigenvalue weighted by Crippen LogP contribution is -2.35. The van der Waals surface area contributed by atoms with Crippen molar-refractivity contribution in [2.75, 3.05) is 25.0 Å². The molecule has 21 heavy (non-hydrogen) atoms. The summed E-state index contributed by atoms with van der Waals surface area (Å²) in [6, 6.07) is 7.18. The van der Waals surface area contributed by atoms with Gasteiger partial charge in [-0.25, -0.2) is 5.43 Å². The third-order valence-corrected chi connectivity index (χ3v) is 2.90. The van der Waals surface area contributed by atoms with Gasteiger partial charge in [-0.1, -0.05) is 26.0 Å². The zero-order valence-electron chi connectivity index (χ0n) is 12.7. The number of benzene rings is 1. The van der Waals surface area contributed by atoms with Gasteiger partial charge in [-0.2, -0.15) is 5.10 Å². The Morgan fingerprint density at radius 2 is 1.81 bits per heavy atom. The molecule has 2 amide bonds. The molecule has 0 aliphatic carbocycles. The van der Waals surface area contributed by atoms with Gasteiger partial charge >= 0.3 is 0 Å². The first-order valence-electron chi connectivity index (χ1n) is 6.97. The zero-order chi connectivity index (χ0) is 15.7. The highest BCUT2D eigenvalue weighted by molar-refractivity contribution is 5.89. The Balaban J connectivity index is 2.46. The topological polar surface area (TPSA) is 73.8 Å². The Kier molecular flexibility index (Phi) is 7.11. The molecule has 0 heterocycles. The third-order valence-electron chi connectivity index (χ3n) is 2.90. The van der Waals surface area contributed by atoms with Crippen LogP contribution in [0.3, 0.4) is 0 Å². The van der Waals surface area contributed by atoms with E-state index in [0.29, 0.717) is 6.54 Å². The Morgan fingerprint density at radius 3 is 2.33 bits per heavy atom. The second-order valence-electron chi connectivity index (χ2n) is 4.56. The van der Waals surface area contributed by atoms with Crippen LogP contribution in [-0.2, 0) is 9.59 Å². The zero-order valence-corrected chi connectivity index (χ0v) is 12.7. The largest absolute Gasteiger partial charge is 0.326 e. The van der Waals surface area contributed by atoms with E-state index in [9.17, 15) is 9.59 Å². The lowest BCUT2D eigenvalue weighted by atomic mass is 10.2. The minimum Gasteiger partial charge on any atom is -0.326 e. The molecular weight excluding hydrogens is 268 g/mol. The summed E-state index contributed by atoms with van der Waals surface area (Å²) in [5.74, 6) is -0.245. The maximum Gasteiger partial charge on any atom is 0.254 e. The fourth-order valence-corrected chi connectivity index (χ4v) is 1.72. The van der Waals surface area contributed by atoms with E-state index in [4.69, 9.17) is 0 Å². The van der Waals surface area contributed by atoms with E-state index in [1.807, 2.05) is 30.9 Å². The maximum absolute atomic E-state index is 11.6. The van der Waals surface area contributed by atoms with Crippen molar-refractivity contribution in [1.29, 1.82) is 0 Å². The molecule has 1 aromatic rings. The lowest BCUT2D eigenvalue weighted by Gasteiger charge is -2.15. The van der Waals surface area contributed by atoms with Crippen LogP contribution >= 0.6 is 0 Å². The molecule has 0 radical (unpaired) electrons. The molecule has 0 aliphatic heterocycles. The summed E-state index contributed by atoms with van der Waals surface area (Å²) in [5.41, 5.74) is 4.06. The number of nitrogens with zero attached hydrogens (tertiary/aromatic N) is 2. The van der Waals surface area contributed by atoms with Crippen molar-refractivity contribution in [2.45, 2.75) is 20.8 Å². The number of carbonyl (C=O) groups is 2. The number of carbonyl (C=O) groups excluding carboxylic acids is 2. The van der Waals surface area contributed by atoms with E-state index >= 15 is 0 Å². The molecule has 6 nitrogen and oxygen atoms in total. The Bertz CT molecular complexity index is 493. The highest BCUT2D eigenvalue weighted by atomic mass is 16.2. The molecule has 0 atom stereocenters. The number of nitrogens with one attached hydrogen (secondary N) is 2. The monoisotopic (exact) mass is 290 g/mol. The second-order valence-corrected chi connectivity index (χ2v) is 4.56. The van der Waals surface area contributed by atoms with Gasteiger partial charge in [0.2, 0.25) is 5.91 Å². The molecule has 0 saturated carbocycles. The summed E-state index contributed by atoms with van der Waals surface area (Å²) in [7, 11) is 0. The number of anilines is 1. The number of hydrogen-bond acceptors (Lipinski definition) is 4. The van der Waals surface area contributed by atoms with E-state index in [0.717, 1.165) is 24.3 Å². The highest BCUT2D eigenvalue weighted by Gasteiger charge is 2.05. The molecule has 0 aromatic heterocycles. The summed E-state index contributed by atoms with van der Waals surface area (Å²) in [6.07, 6.45) is 1.57. The number of likely N-dealkylation sites (N-methyl/N-ethyl adjacent to an activating group) is 1. The predicted octanol–water partition coefficient (Wildman–Crippen LogP) is 1.44. The Hall–Kier alpha value is -2.21. The van der Waals surface area contributed by atoms with Gasteiger partial charge in [0.15, 0.2) is 0 Å². The lowest BCUT2D eigenvalue weighted by molar-refractivity contribution is -0.122. The van der Waals surface area contributed by atoms with Crippen molar-refractivity contribution in [3.63, 3.8) is 0 Å². The van der Waals surface area contributed by atoms with E-state index in [1.165, 1.54) is 6.92 Å². The first-order chi connectivity index (χ1) is 10.0. The van der Waals surface area contributed by atoms with Crippen LogP contribution in [0.15, 0.2) is 29.4 Å². The van der Waals surface area contributed by atoms with Gasteiger partial charge < -0.3 is 5.32 Å². The van der Waals surface area contributed by atoms with Crippen LogP contribution in [0.5, 0.6) is 0 Å². The van der Waals surface area contributed by atoms with Gasteiger partial charge in [-0.15, -0.1) is 0 Å². The van der Waals surface area contributed by atoms with Crippen LogP contribution in [0.25, 0.3) is 0 Å². The van der Waals surface area contributed by atoms with Crippen molar-refractivity contribution in [3.05, 3.63) is 29.8 Å². The normalized spacial score (nSPS) is 10.9. The molecule has 0 bridgehead atoms. The summed E-state index contributed by atoms with van der Waals surface area (Å²) < 4.78 is 0. The van der Waals surface area contributed by atoms with Gasteiger partial charge in [-0.3, -0.25) is 14.5 Å². The first kappa shape index (κ1) is 16.8. The van der Waals surface area contributed by atoms with E-state index in [-0.39, 0.29) is 11.8 Å². The molecule has 0 fully saturated rings. The van der Waals surface area contributed by atoms with Gasteiger partial charge in [-0.05, 0) is 30.8 Å². The summed E-state index contributed by atoms with van der Waals surface area (Å²) in [4.78, 5) is 24.5. The quantitative estimate of drug-likeness (QED) is 0.589. The van der Waals surface area contributed by atoms with Crippen LogP contribution in [0.4, 0.5) is 5.69 Å². The maximum atomic E-state index is 11.6. The van der Waals surface area contributed by atoms with Crippen LogP contribution in [0.1, 0.15) is 26.3 Å². The number of rotatable bonds is 7. The fraction of sp³-hybridized carbons (Fsp3) is 0.400. The smallest absolute Gasteiger partial charge is 0.254 e. The average Bonchev–Trinajstić information content (AvgIpc) is 2.46. The van der Waals surface area contributed by atoms with Crippen molar-refractivity contribution in [1.82, 2.24) is 10.3 Å². The van der Waals surface area contributed by atoms with Crippen LogP contribution in [-0.4, -0.2) is 42.6 Å². The molecule has 0 saturated heterocycles. The summed E-state index contributed by atoms with van der Waals surface area (Å²) >= 11 is 0. The molecule has 0 unspecified atom stereocenters. The molecular formula is C15H22N4O2. The third kappa shape index (κ3) is 6.67. The average molecular weight is 290 g/mol. The van der Waals surface area contributed by atoms with E-state index in [1.54, 1.807) is 18.3 Å². The molecule has 1 rings (SSSR count). The number of hydrogen-bond donors (Lipinski definition) is 2. The van der Waals surface area contributed by atoms with E-state index in [2.05, 4.69) is 15.8 Å². The SMILES string of the molecule is CCN(CC)CC(=O)N/N=C/c1ccc(NC(C)=O)cc1. The van der Waals surface area contributed by atoms with Gasteiger partial charge in [0.25, 0.3) is 5.91 Å². The van der Waals surface area contributed by atoms with Crippen LogP contribution < -0.4 is 10.7 Å². The minimum absolute atomic E-state index is 0.111.